The predicted molar refractivity (Wildman–Crippen MR) is 93.0 cm³/mol. The summed E-state index contributed by atoms with van der Waals surface area (Å²) in [5.74, 6) is -1.38. The van der Waals surface area contributed by atoms with Gasteiger partial charge in [0.15, 0.2) is 0 Å². The van der Waals surface area contributed by atoms with Crippen LogP contribution in [0.1, 0.15) is 18.4 Å². The van der Waals surface area contributed by atoms with Crippen LogP contribution in [0, 0.1) is 33.1 Å². The Morgan fingerprint density at radius 1 is 1.27 bits per heavy atom. The number of nitrogens with one attached hydrogen (secondary N) is 1. The molecule has 0 aliphatic carbocycles. The molecule has 0 aromatic heterocycles. The fourth-order valence-electron chi connectivity index (χ4n) is 3.18. The fourth-order valence-corrected chi connectivity index (χ4v) is 3.18. The van der Waals surface area contributed by atoms with E-state index in [0.29, 0.717) is 18.8 Å². The van der Waals surface area contributed by atoms with E-state index < -0.39 is 22.2 Å². The largest absolute Gasteiger partial charge is 0.375 e. The lowest BCUT2D eigenvalue weighted by atomic mass is 10.0. The first kappa shape index (κ1) is 17.6. The van der Waals surface area contributed by atoms with E-state index in [1.54, 1.807) is 12.1 Å². The van der Waals surface area contributed by atoms with Crippen LogP contribution in [0.5, 0.6) is 0 Å². The average Bonchev–Trinajstić information content (AvgIpc) is 2.61. The summed E-state index contributed by atoms with van der Waals surface area (Å²) in [5, 5.41) is 23.0. The Kier molecular flexibility index (Phi) is 4.98. The maximum atomic E-state index is 14.2. The van der Waals surface area contributed by atoms with Crippen LogP contribution in [0.4, 0.5) is 25.8 Å². The number of piperidine rings is 1. The molecule has 1 heterocycles. The summed E-state index contributed by atoms with van der Waals surface area (Å²) in [5.41, 5.74) is 0.147. The summed E-state index contributed by atoms with van der Waals surface area (Å²) < 4.78 is 28.0. The van der Waals surface area contributed by atoms with Gasteiger partial charge in [0.25, 0.3) is 0 Å². The number of para-hydroxylation sites is 1. The number of nitro groups is 1. The van der Waals surface area contributed by atoms with E-state index in [4.69, 9.17) is 5.26 Å². The molecule has 1 saturated heterocycles. The van der Waals surface area contributed by atoms with Gasteiger partial charge < -0.3 is 10.2 Å². The quantitative estimate of drug-likeness (QED) is 0.663. The molecule has 6 nitrogen and oxygen atoms in total. The molecule has 3 rings (SSSR count). The molecule has 2 aromatic carbocycles. The molecule has 2 aromatic rings. The standard InChI is InChI=1S/C18H16F2N4O2/c19-14-4-1-5-16(18(14)24(25)26)22-13-3-2-8-23(11-13)17-7-6-12(10-21)9-15(17)20/h1,4-7,9,13,22H,2-3,8,11H2. The van der Waals surface area contributed by atoms with Gasteiger partial charge in [-0.25, -0.2) is 4.39 Å². The lowest BCUT2D eigenvalue weighted by Gasteiger charge is -2.35. The van der Waals surface area contributed by atoms with Gasteiger partial charge >= 0.3 is 5.69 Å². The van der Waals surface area contributed by atoms with Gasteiger partial charge in [-0.15, -0.1) is 0 Å². The zero-order valence-electron chi connectivity index (χ0n) is 13.8. The van der Waals surface area contributed by atoms with Crippen molar-refractivity contribution in [1.29, 1.82) is 5.26 Å². The molecule has 1 unspecified atom stereocenters. The Labute approximate surface area is 148 Å². The van der Waals surface area contributed by atoms with Crippen LogP contribution in [0.2, 0.25) is 0 Å². The molecule has 0 radical (unpaired) electrons. The summed E-state index contributed by atoms with van der Waals surface area (Å²) in [7, 11) is 0. The number of nitro benzene ring substituents is 1. The molecule has 1 aliphatic rings. The van der Waals surface area contributed by atoms with E-state index in [0.717, 1.165) is 18.9 Å². The van der Waals surface area contributed by atoms with Gasteiger partial charge in [-0.3, -0.25) is 10.1 Å². The van der Waals surface area contributed by atoms with E-state index >= 15 is 0 Å². The van der Waals surface area contributed by atoms with Crippen molar-refractivity contribution < 1.29 is 13.7 Å². The van der Waals surface area contributed by atoms with Crippen LogP contribution in [-0.2, 0) is 0 Å². The molecular weight excluding hydrogens is 342 g/mol. The highest BCUT2D eigenvalue weighted by Gasteiger charge is 2.26. The average molecular weight is 358 g/mol. The number of hydrogen-bond acceptors (Lipinski definition) is 5. The van der Waals surface area contributed by atoms with Crippen molar-refractivity contribution >= 4 is 17.1 Å². The van der Waals surface area contributed by atoms with Crippen molar-refractivity contribution in [3.8, 4) is 6.07 Å². The molecule has 134 valence electrons. The van der Waals surface area contributed by atoms with Gasteiger partial charge in [0, 0.05) is 19.1 Å². The Hall–Kier alpha value is -3.21. The van der Waals surface area contributed by atoms with Gasteiger partial charge in [0.1, 0.15) is 11.5 Å². The third kappa shape index (κ3) is 3.57. The fraction of sp³-hybridized carbons (Fsp3) is 0.278. The SMILES string of the molecule is N#Cc1ccc(N2CCCC(Nc3cccc(F)c3[N+](=O)[O-])C2)c(F)c1. The van der Waals surface area contributed by atoms with E-state index in [2.05, 4.69) is 5.32 Å². The van der Waals surface area contributed by atoms with Crippen LogP contribution in [0.15, 0.2) is 36.4 Å². The van der Waals surface area contributed by atoms with E-state index in [-0.39, 0.29) is 17.3 Å². The summed E-state index contributed by atoms with van der Waals surface area (Å²) in [6.07, 6.45) is 1.47. The van der Waals surface area contributed by atoms with Crippen molar-refractivity contribution in [2.75, 3.05) is 23.3 Å². The third-order valence-corrected chi connectivity index (χ3v) is 4.37. The van der Waals surface area contributed by atoms with Crippen LogP contribution in [-0.4, -0.2) is 24.1 Å². The Bertz CT molecular complexity index is 882. The summed E-state index contributed by atoms with van der Waals surface area (Å²) in [6.45, 7) is 1.04. The molecule has 1 aliphatic heterocycles. The monoisotopic (exact) mass is 358 g/mol. The number of halogens is 2. The molecule has 1 N–H and O–H groups in total. The van der Waals surface area contributed by atoms with Crippen LogP contribution in [0.3, 0.4) is 0 Å². The van der Waals surface area contributed by atoms with Crippen molar-refractivity contribution in [3.63, 3.8) is 0 Å². The zero-order chi connectivity index (χ0) is 18.7. The predicted octanol–water partition coefficient (Wildman–Crippen LogP) is 3.83. The second kappa shape index (κ2) is 7.35. The van der Waals surface area contributed by atoms with Crippen LogP contribution >= 0.6 is 0 Å². The van der Waals surface area contributed by atoms with Gasteiger partial charge in [-0.2, -0.15) is 9.65 Å². The minimum atomic E-state index is -0.897. The lowest BCUT2D eigenvalue weighted by molar-refractivity contribution is -0.386. The minimum absolute atomic E-state index is 0.113. The van der Waals surface area contributed by atoms with Crippen molar-refractivity contribution in [1.82, 2.24) is 0 Å². The summed E-state index contributed by atoms with van der Waals surface area (Å²) in [4.78, 5) is 12.2. The molecule has 1 atom stereocenters. The highest BCUT2D eigenvalue weighted by Crippen LogP contribution is 2.30. The van der Waals surface area contributed by atoms with E-state index in [9.17, 15) is 18.9 Å². The molecule has 0 saturated carbocycles. The Balaban J connectivity index is 1.79. The van der Waals surface area contributed by atoms with Crippen LogP contribution in [0.25, 0.3) is 0 Å². The molecule has 26 heavy (non-hydrogen) atoms. The number of nitrogens with zero attached hydrogens (tertiary/aromatic N) is 3. The molecule has 0 spiro atoms. The number of hydrogen-bond donors (Lipinski definition) is 1. The first-order valence-corrected chi connectivity index (χ1v) is 8.13. The first-order valence-electron chi connectivity index (χ1n) is 8.13. The second-order valence-electron chi connectivity index (χ2n) is 6.10. The molecule has 1 fully saturated rings. The third-order valence-electron chi connectivity index (χ3n) is 4.37. The van der Waals surface area contributed by atoms with Crippen molar-refractivity contribution in [3.05, 3.63) is 63.7 Å². The highest BCUT2D eigenvalue weighted by molar-refractivity contribution is 5.63. The number of benzene rings is 2. The maximum absolute atomic E-state index is 14.2. The van der Waals surface area contributed by atoms with Crippen molar-refractivity contribution in [2.24, 2.45) is 0 Å². The van der Waals surface area contributed by atoms with Gasteiger partial charge in [-0.1, -0.05) is 6.07 Å². The highest BCUT2D eigenvalue weighted by atomic mass is 19.1. The minimum Gasteiger partial charge on any atom is -0.375 e. The zero-order valence-corrected chi connectivity index (χ0v) is 13.8. The number of anilines is 2. The Morgan fingerprint density at radius 3 is 2.77 bits per heavy atom. The van der Waals surface area contributed by atoms with Crippen LogP contribution < -0.4 is 10.2 Å². The second-order valence-corrected chi connectivity index (χ2v) is 6.10. The van der Waals surface area contributed by atoms with E-state index in [1.165, 1.54) is 18.2 Å². The first-order chi connectivity index (χ1) is 12.5. The molecular formula is C18H16F2N4O2. The van der Waals surface area contributed by atoms with Crippen molar-refractivity contribution in [2.45, 2.75) is 18.9 Å². The summed E-state index contributed by atoms with van der Waals surface area (Å²) in [6, 6.07) is 9.90. The molecule has 8 heteroatoms. The van der Waals surface area contributed by atoms with Gasteiger partial charge in [0.2, 0.25) is 5.82 Å². The number of rotatable bonds is 4. The maximum Gasteiger partial charge on any atom is 0.327 e. The lowest BCUT2D eigenvalue weighted by Crippen LogP contribution is -2.42. The number of nitriles is 1. The molecule has 0 bridgehead atoms. The van der Waals surface area contributed by atoms with E-state index in [1.807, 2.05) is 11.0 Å². The smallest absolute Gasteiger partial charge is 0.327 e. The normalized spacial score (nSPS) is 16.8. The topological polar surface area (TPSA) is 82.2 Å². The van der Waals surface area contributed by atoms with Gasteiger partial charge in [-0.05, 0) is 43.2 Å². The van der Waals surface area contributed by atoms with Gasteiger partial charge in [0.05, 0.1) is 22.2 Å². The summed E-state index contributed by atoms with van der Waals surface area (Å²) >= 11 is 0. The molecule has 0 amide bonds. The Morgan fingerprint density at radius 2 is 2.08 bits per heavy atom.